The largest absolute Gasteiger partial charge is 0.326 e. The van der Waals surface area contributed by atoms with E-state index in [4.69, 9.17) is 5.73 Å². The Hall–Kier alpha value is -3.03. The predicted octanol–water partition coefficient (Wildman–Crippen LogP) is 2.68. The molecule has 0 spiro atoms. The van der Waals surface area contributed by atoms with Crippen molar-refractivity contribution in [3.8, 4) is 5.69 Å². The Morgan fingerprint density at radius 2 is 2.14 bits per heavy atom. The number of anilines is 1. The summed E-state index contributed by atoms with van der Waals surface area (Å²) >= 11 is 0. The quantitative estimate of drug-likeness (QED) is 0.651. The van der Waals surface area contributed by atoms with Gasteiger partial charge in [-0.2, -0.15) is 5.10 Å². The summed E-state index contributed by atoms with van der Waals surface area (Å²) in [5.74, 6) is -0.844. The average molecular weight is 379 g/mol. The molecule has 1 aliphatic rings. The number of carbonyl (C=O) groups is 1. The van der Waals surface area contributed by atoms with Crippen molar-refractivity contribution in [3.05, 3.63) is 76.4 Å². The molecule has 2 aromatic carbocycles. The fourth-order valence-corrected chi connectivity index (χ4v) is 3.46. The Labute approximate surface area is 162 Å². The number of nitrogens with zero attached hydrogens (tertiary/aromatic N) is 2. The second kappa shape index (κ2) is 7.53. The first kappa shape index (κ1) is 18.3. The van der Waals surface area contributed by atoms with Crippen LogP contribution < -0.4 is 16.4 Å². The van der Waals surface area contributed by atoms with Crippen LogP contribution in [0.15, 0.2) is 42.5 Å². The molecule has 1 aliphatic heterocycles. The molecule has 0 atom stereocenters. The topological polar surface area (TPSA) is 85.0 Å². The maximum atomic E-state index is 14.5. The summed E-state index contributed by atoms with van der Waals surface area (Å²) in [6, 6.07) is 12.4. The number of rotatable bonds is 4. The van der Waals surface area contributed by atoms with E-state index in [2.05, 4.69) is 15.7 Å². The zero-order valence-corrected chi connectivity index (χ0v) is 15.6. The Balaban J connectivity index is 1.66. The van der Waals surface area contributed by atoms with Crippen molar-refractivity contribution in [2.24, 2.45) is 5.73 Å². The van der Waals surface area contributed by atoms with Crippen LogP contribution >= 0.6 is 0 Å². The van der Waals surface area contributed by atoms with Crippen LogP contribution in [0.25, 0.3) is 5.69 Å². The summed E-state index contributed by atoms with van der Waals surface area (Å²) in [4.78, 5) is 12.9. The van der Waals surface area contributed by atoms with Gasteiger partial charge in [-0.3, -0.25) is 4.79 Å². The smallest absolute Gasteiger partial charge is 0.274 e. The first-order valence-electron chi connectivity index (χ1n) is 9.24. The molecule has 28 heavy (non-hydrogen) atoms. The Morgan fingerprint density at radius 1 is 1.29 bits per heavy atom. The Morgan fingerprint density at radius 3 is 2.96 bits per heavy atom. The number of benzene rings is 2. The molecule has 6 nitrogen and oxygen atoms in total. The van der Waals surface area contributed by atoms with Crippen molar-refractivity contribution in [2.45, 2.75) is 26.4 Å². The number of halogens is 1. The number of hydrogen-bond acceptors (Lipinski definition) is 4. The summed E-state index contributed by atoms with van der Waals surface area (Å²) in [5.41, 5.74) is 10.6. The molecule has 0 bridgehead atoms. The second-order valence-electron chi connectivity index (χ2n) is 6.94. The Kier molecular flexibility index (Phi) is 4.93. The number of nitrogens with two attached hydrogens (primary N) is 1. The van der Waals surface area contributed by atoms with Crippen molar-refractivity contribution >= 4 is 11.6 Å². The first-order valence-corrected chi connectivity index (χ1v) is 9.24. The number of nitrogens with one attached hydrogen (secondary N) is 2. The van der Waals surface area contributed by atoms with Crippen LogP contribution in [0.3, 0.4) is 0 Å². The lowest BCUT2D eigenvalue weighted by Gasteiger charge is -2.19. The normalized spacial score (nSPS) is 13.2. The van der Waals surface area contributed by atoms with Gasteiger partial charge < -0.3 is 16.4 Å². The van der Waals surface area contributed by atoms with Crippen molar-refractivity contribution in [3.63, 3.8) is 0 Å². The van der Waals surface area contributed by atoms with E-state index in [1.54, 1.807) is 16.8 Å². The minimum absolute atomic E-state index is 0.175. The van der Waals surface area contributed by atoms with E-state index < -0.39 is 11.7 Å². The minimum atomic E-state index is -0.429. The highest BCUT2D eigenvalue weighted by atomic mass is 19.1. The van der Waals surface area contributed by atoms with Crippen molar-refractivity contribution in [2.75, 3.05) is 11.9 Å². The second-order valence-corrected chi connectivity index (χ2v) is 6.94. The van der Waals surface area contributed by atoms with Crippen LogP contribution in [0.2, 0.25) is 0 Å². The number of aromatic nitrogens is 2. The summed E-state index contributed by atoms with van der Waals surface area (Å²) in [5, 5.41) is 10.4. The highest BCUT2D eigenvalue weighted by Gasteiger charge is 2.19. The molecule has 1 amide bonds. The molecule has 0 unspecified atom stereocenters. The molecule has 0 fully saturated rings. The molecule has 144 valence electrons. The van der Waals surface area contributed by atoms with E-state index in [9.17, 15) is 9.18 Å². The van der Waals surface area contributed by atoms with E-state index in [1.807, 2.05) is 31.2 Å². The van der Waals surface area contributed by atoms with Gasteiger partial charge in [0, 0.05) is 13.1 Å². The van der Waals surface area contributed by atoms with Gasteiger partial charge in [0.15, 0.2) is 0 Å². The number of hydrogen-bond donors (Lipinski definition) is 3. The van der Waals surface area contributed by atoms with Gasteiger partial charge in [-0.15, -0.1) is 0 Å². The van der Waals surface area contributed by atoms with Crippen LogP contribution in [0, 0.1) is 12.7 Å². The molecule has 1 aromatic heterocycles. The van der Waals surface area contributed by atoms with Gasteiger partial charge in [-0.25, -0.2) is 9.07 Å². The van der Waals surface area contributed by atoms with E-state index in [0.717, 1.165) is 35.3 Å². The monoisotopic (exact) mass is 379 g/mol. The molecular weight excluding hydrogens is 357 g/mol. The number of fused-ring (bicyclic) bond motifs is 1. The molecule has 7 heteroatoms. The van der Waals surface area contributed by atoms with Crippen LogP contribution in [0.5, 0.6) is 0 Å². The zero-order chi connectivity index (χ0) is 19.7. The average Bonchev–Trinajstić information content (AvgIpc) is 3.10. The van der Waals surface area contributed by atoms with Crippen LogP contribution in [-0.2, 0) is 19.5 Å². The molecule has 0 saturated carbocycles. The minimum Gasteiger partial charge on any atom is -0.326 e. The van der Waals surface area contributed by atoms with Gasteiger partial charge in [0.1, 0.15) is 11.5 Å². The SMILES string of the molecule is Cc1cc(C(=O)Nc2cc3c(cc2F)CCNC3)n(-c2cccc(CN)c2)n1. The lowest BCUT2D eigenvalue weighted by molar-refractivity contribution is 0.101. The van der Waals surface area contributed by atoms with E-state index in [1.165, 1.54) is 6.07 Å². The molecule has 4 N–H and O–H groups in total. The molecule has 0 saturated heterocycles. The van der Waals surface area contributed by atoms with Gasteiger partial charge in [-0.05, 0) is 66.9 Å². The van der Waals surface area contributed by atoms with E-state index >= 15 is 0 Å². The number of carbonyl (C=O) groups excluding carboxylic acids is 1. The molecule has 4 rings (SSSR count). The molecule has 0 aliphatic carbocycles. The third-order valence-corrected chi connectivity index (χ3v) is 4.88. The van der Waals surface area contributed by atoms with Gasteiger partial charge in [0.25, 0.3) is 5.91 Å². The zero-order valence-electron chi connectivity index (χ0n) is 15.6. The van der Waals surface area contributed by atoms with Gasteiger partial charge in [0.2, 0.25) is 0 Å². The van der Waals surface area contributed by atoms with Gasteiger partial charge >= 0.3 is 0 Å². The van der Waals surface area contributed by atoms with Crippen LogP contribution in [0.4, 0.5) is 10.1 Å². The van der Waals surface area contributed by atoms with E-state index in [0.29, 0.717) is 24.5 Å². The fourth-order valence-electron chi connectivity index (χ4n) is 3.46. The van der Waals surface area contributed by atoms with E-state index in [-0.39, 0.29) is 5.69 Å². The number of aryl methyl sites for hydroxylation is 1. The maximum absolute atomic E-state index is 14.5. The predicted molar refractivity (Wildman–Crippen MR) is 106 cm³/mol. The van der Waals surface area contributed by atoms with Crippen LogP contribution in [-0.4, -0.2) is 22.2 Å². The summed E-state index contributed by atoms with van der Waals surface area (Å²) in [6.45, 7) is 3.70. The lowest BCUT2D eigenvalue weighted by atomic mass is 10.00. The van der Waals surface area contributed by atoms with Crippen molar-refractivity contribution in [1.82, 2.24) is 15.1 Å². The van der Waals surface area contributed by atoms with Crippen molar-refractivity contribution in [1.29, 1.82) is 0 Å². The van der Waals surface area contributed by atoms with Gasteiger partial charge in [0.05, 0.1) is 17.1 Å². The highest BCUT2D eigenvalue weighted by Crippen LogP contribution is 2.24. The first-order chi connectivity index (χ1) is 13.5. The fraction of sp³-hybridized carbons (Fsp3) is 0.238. The number of amides is 1. The van der Waals surface area contributed by atoms with Crippen LogP contribution in [0.1, 0.15) is 32.9 Å². The highest BCUT2D eigenvalue weighted by molar-refractivity contribution is 6.03. The van der Waals surface area contributed by atoms with Crippen molar-refractivity contribution < 1.29 is 9.18 Å². The standard InChI is InChI=1S/C21H22FN5O/c1-13-7-20(27(26-13)17-4-2-3-14(8-17)11-23)21(28)25-19-10-16-12-24-6-5-15(16)9-18(19)22/h2-4,7-10,24H,5-6,11-12,23H2,1H3,(H,25,28). The summed E-state index contributed by atoms with van der Waals surface area (Å²) < 4.78 is 16.1. The maximum Gasteiger partial charge on any atom is 0.274 e. The third kappa shape index (κ3) is 3.54. The molecule has 2 heterocycles. The summed E-state index contributed by atoms with van der Waals surface area (Å²) in [6.07, 6.45) is 0.782. The summed E-state index contributed by atoms with van der Waals surface area (Å²) in [7, 11) is 0. The molecule has 3 aromatic rings. The molecule has 0 radical (unpaired) electrons. The Bertz CT molecular complexity index is 1040. The molecular formula is C21H22FN5O. The lowest BCUT2D eigenvalue weighted by Crippen LogP contribution is -2.24. The van der Waals surface area contributed by atoms with Gasteiger partial charge in [-0.1, -0.05) is 12.1 Å². The third-order valence-electron chi connectivity index (χ3n) is 4.88.